The van der Waals surface area contributed by atoms with E-state index < -0.39 is 11.8 Å². The molecule has 1 N–H and O–H groups in total. The number of aromatic nitrogens is 1. The minimum absolute atomic E-state index is 0.211. The quantitative estimate of drug-likeness (QED) is 0.733. The zero-order chi connectivity index (χ0) is 14.4. The van der Waals surface area contributed by atoms with Gasteiger partial charge < -0.3 is 4.90 Å². The summed E-state index contributed by atoms with van der Waals surface area (Å²) in [5.41, 5.74) is 2.19. The van der Waals surface area contributed by atoms with Gasteiger partial charge in [0.05, 0.1) is 11.8 Å². The first-order valence-corrected chi connectivity index (χ1v) is 6.54. The van der Waals surface area contributed by atoms with Crippen molar-refractivity contribution < 1.29 is 14.4 Å². The van der Waals surface area contributed by atoms with Crippen LogP contribution in [0.5, 0.6) is 0 Å². The summed E-state index contributed by atoms with van der Waals surface area (Å²) in [6, 6.07) is 1.90. The van der Waals surface area contributed by atoms with E-state index in [1.807, 2.05) is 19.9 Å². The highest BCUT2D eigenvalue weighted by Crippen LogP contribution is 2.29. The van der Waals surface area contributed by atoms with Crippen LogP contribution in [0.25, 0.3) is 0 Å². The molecule has 1 aromatic heterocycles. The largest absolute Gasteiger partial charge is 0.336 e. The fourth-order valence-electron chi connectivity index (χ4n) is 2.90. The Bertz CT molecular complexity index is 604. The first-order valence-electron chi connectivity index (χ1n) is 6.54. The number of fused-ring (bicyclic) bond motifs is 1. The Labute approximate surface area is 116 Å². The van der Waals surface area contributed by atoms with Crippen LogP contribution in [-0.4, -0.2) is 40.7 Å². The van der Waals surface area contributed by atoms with Gasteiger partial charge in [0.25, 0.3) is 5.91 Å². The molecule has 6 nitrogen and oxygen atoms in total. The molecule has 104 valence electrons. The number of carbonyl (C=O) groups excluding carboxylic acids is 3. The predicted molar refractivity (Wildman–Crippen MR) is 69.7 cm³/mol. The third-order valence-electron chi connectivity index (χ3n) is 3.94. The number of amides is 3. The number of imide groups is 1. The molecule has 20 heavy (non-hydrogen) atoms. The lowest BCUT2D eigenvalue weighted by molar-refractivity contribution is -0.126. The molecule has 0 aliphatic carbocycles. The fraction of sp³-hybridized carbons (Fsp3) is 0.429. The monoisotopic (exact) mass is 273 g/mol. The molecule has 3 rings (SSSR count). The van der Waals surface area contributed by atoms with Crippen molar-refractivity contribution in [3.63, 3.8) is 0 Å². The van der Waals surface area contributed by atoms with E-state index >= 15 is 0 Å². The molecule has 2 atom stereocenters. The van der Waals surface area contributed by atoms with Crippen molar-refractivity contribution in [2.75, 3.05) is 13.1 Å². The molecule has 2 saturated heterocycles. The molecule has 2 aliphatic rings. The zero-order valence-corrected chi connectivity index (χ0v) is 11.3. The first-order chi connectivity index (χ1) is 9.47. The average molecular weight is 273 g/mol. The lowest BCUT2D eigenvalue weighted by Gasteiger charge is -2.17. The van der Waals surface area contributed by atoms with Crippen LogP contribution in [0.2, 0.25) is 0 Å². The lowest BCUT2D eigenvalue weighted by Crippen LogP contribution is -2.35. The summed E-state index contributed by atoms with van der Waals surface area (Å²) in [4.78, 5) is 41.4. The van der Waals surface area contributed by atoms with Crippen molar-refractivity contribution in [2.24, 2.45) is 11.8 Å². The minimum atomic E-state index is -0.405. The summed E-state index contributed by atoms with van der Waals surface area (Å²) in [6.07, 6.45) is 1.65. The second kappa shape index (κ2) is 4.40. The van der Waals surface area contributed by atoms with Crippen molar-refractivity contribution in [1.29, 1.82) is 0 Å². The van der Waals surface area contributed by atoms with Crippen LogP contribution < -0.4 is 5.32 Å². The standard InChI is InChI=1S/C14H15N3O3/c1-7-3-8(2)11(15-4-7)14(20)17-5-9-10(6-17)13(19)16-12(9)18/h3-4,9-10H,5-6H2,1-2H3,(H,16,18,19)/t9-,10+. The Morgan fingerprint density at radius 3 is 2.40 bits per heavy atom. The van der Waals surface area contributed by atoms with Gasteiger partial charge in [-0.2, -0.15) is 0 Å². The normalized spacial score (nSPS) is 24.8. The molecular formula is C14H15N3O3. The summed E-state index contributed by atoms with van der Waals surface area (Å²) in [7, 11) is 0. The summed E-state index contributed by atoms with van der Waals surface area (Å²) in [5, 5.41) is 2.31. The molecule has 0 spiro atoms. The van der Waals surface area contributed by atoms with Crippen LogP contribution in [0.15, 0.2) is 12.3 Å². The van der Waals surface area contributed by atoms with Gasteiger partial charge in [-0.3, -0.25) is 24.7 Å². The highest BCUT2D eigenvalue weighted by molar-refractivity contribution is 6.06. The molecule has 3 heterocycles. The number of hydrogen-bond donors (Lipinski definition) is 1. The number of hydrogen-bond acceptors (Lipinski definition) is 4. The molecule has 2 fully saturated rings. The van der Waals surface area contributed by atoms with Crippen molar-refractivity contribution >= 4 is 17.7 Å². The van der Waals surface area contributed by atoms with Gasteiger partial charge in [0.15, 0.2) is 0 Å². The molecule has 0 aromatic carbocycles. The molecule has 1 aromatic rings. The second-order valence-electron chi connectivity index (χ2n) is 5.45. The van der Waals surface area contributed by atoms with Gasteiger partial charge >= 0.3 is 0 Å². The summed E-state index contributed by atoms with van der Waals surface area (Å²) >= 11 is 0. The van der Waals surface area contributed by atoms with E-state index in [2.05, 4.69) is 10.3 Å². The van der Waals surface area contributed by atoms with E-state index in [4.69, 9.17) is 0 Å². The van der Waals surface area contributed by atoms with Gasteiger partial charge in [0.1, 0.15) is 5.69 Å². The number of nitrogens with one attached hydrogen (secondary N) is 1. The van der Waals surface area contributed by atoms with E-state index in [1.165, 1.54) is 0 Å². The minimum Gasteiger partial charge on any atom is -0.336 e. The maximum Gasteiger partial charge on any atom is 0.272 e. The molecule has 2 aliphatic heterocycles. The number of nitrogens with zero attached hydrogens (tertiary/aromatic N) is 2. The summed E-state index contributed by atoms with van der Waals surface area (Å²) in [5.74, 6) is -1.57. The number of carbonyl (C=O) groups is 3. The summed E-state index contributed by atoms with van der Waals surface area (Å²) < 4.78 is 0. The Morgan fingerprint density at radius 2 is 1.85 bits per heavy atom. The molecule has 6 heteroatoms. The zero-order valence-electron chi connectivity index (χ0n) is 11.3. The number of likely N-dealkylation sites (tertiary alicyclic amines) is 1. The summed E-state index contributed by atoms with van der Waals surface area (Å²) in [6.45, 7) is 4.33. The molecule has 0 bridgehead atoms. The van der Waals surface area contributed by atoms with Crippen molar-refractivity contribution in [3.8, 4) is 0 Å². The van der Waals surface area contributed by atoms with Gasteiger partial charge in [-0.05, 0) is 25.0 Å². The topological polar surface area (TPSA) is 79.4 Å². The van der Waals surface area contributed by atoms with Crippen LogP contribution >= 0.6 is 0 Å². The Kier molecular flexibility index (Phi) is 2.81. The molecule has 0 radical (unpaired) electrons. The average Bonchev–Trinajstić information content (AvgIpc) is 2.92. The fourth-order valence-corrected chi connectivity index (χ4v) is 2.90. The van der Waals surface area contributed by atoms with Gasteiger partial charge in [0.2, 0.25) is 11.8 Å². The Balaban J connectivity index is 1.83. The highest BCUT2D eigenvalue weighted by atomic mass is 16.2. The van der Waals surface area contributed by atoms with E-state index in [0.717, 1.165) is 11.1 Å². The van der Waals surface area contributed by atoms with Crippen LogP contribution in [-0.2, 0) is 9.59 Å². The number of rotatable bonds is 1. The van der Waals surface area contributed by atoms with Crippen molar-refractivity contribution in [2.45, 2.75) is 13.8 Å². The Hall–Kier alpha value is -2.24. The van der Waals surface area contributed by atoms with Gasteiger partial charge in [0, 0.05) is 19.3 Å². The van der Waals surface area contributed by atoms with Gasteiger partial charge in [-0.15, -0.1) is 0 Å². The van der Waals surface area contributed by atoms with Crippen molar-refractivity contribution in [3.05, 3.63) is 29.1 Å². The smallest absolute Gasteiger partial charge is 0.272 e. The third kappa shape index (κ3) is 1.88. The molecule has 3 amide bonds. The second-order valence-corrected chi connectivity index (χ2v) is 5.45. The molecule has 0 unspecified atom stereocenters. The van der Waals surface area contributed by atoms with Crippen LogP contribution in [0.4, 0.5) is 0 Å². The molecular weight excluding hydrogens is 258 g/mol. The van der Waals surface area contributed by atoms with Crippen LogP contribution in [0, 0.1) is 25.7 Å². The Morgan fingerprint density at radius 1 is 1.25 bits per heavy atom. The maximum absolute atomic E-state index is 12.4. The third-order valence-corrected chi connectivity index (χ3v) is 3.94. The predicted octanol–water partition coefficient (Wildman–Crippen LogP) is 0.0430. The van der Waals surface area contributed by atoms with E-state index in [-0.39, 0.29) is 30.8 Å². The van der Waals surface area contributed by atoms with Crippen molar-refractivity contribution in [1.82, 2.24) is 15.2 Å². The van der Waals surface area contributed by atoms with Gasteiger partial charge in [-0.25, -0.2) is 0 Å². The van der Waals surface area contributed by atoms with Crippen LogP contribution in [0.3, 0.4) is 0 Å². The SMILES string of the molecule is Cc1cnc(C(=O)N2C[C@@H]3C(=O)NC(=O)[C@@H]3C2)c(C)c1. The highest BCUT2D eigenvalue weighted by Gasteiger charge is 2.49. The van der Waals surface area contributed by atoms with E-state index in [0.29, 0.717) is 5.69 Å². The lowest BCUT2D eigenvalue weighted by atomic mass is 10.00. The number of aryl methyl sites for hydroxylation is 2. The van der Waals surface area contributed by atoms with E-state index in [9.17, 15) is 14.4 Å². The maximum atomic E-state index is 12.4. The molecule has 0 saturated carbocycles. The van der Waals surface area contributed by atoms with E-state index in [1.54, 1.807) is 11.1 Å². The van der Waals surface area contributed by atoms with Crippen LogP contribution in [0.1, 0.15) is 21.6 Å². The number of pyridine rings is 1. The first kappa shape index (κ1) is 12.8. The van der Waals surface area contributed by atoms with Gasteiger partial charge in [-0.1, -0.05) is 6.07 Å².